The molecular formula is C28H43N3O5. The molecule has 200 valence electrons. The average Bonchev–Trinajstić information content (AvgIpc) is 3.06. The minimum atomic E-state index is -1.27. The van der Waals surface area contributed by atoms with Crippen LogP contribution in [0.25, 0.3) is 0 Å². The summed E-state index contributed by atoms with van der Waals surface area (Å²) < 4.78 is 6.65. The molecule has 0 aliphatic carbocycles. The predicted molar refractivity (Wildman–Crippen MR) is 137 cm³/mol. The lowest BCUT2D eigenvalue weighted by Crippen LogP contribution is -2.62. The number of aliphatic hydroxyl groups is 1. The van der Waals surface area contributed by atoms with E-state index in [1.54, 1.807) is 16.8 Å². The van der Waals surface area contributed by atoms with Crippen molar-refractivity contribution < 1.29 is 24.2 Å². The molecule has 4 aliphatic rings. The molecule has 4 aliphatic heterocycles. The van der Waals surface area contributed by atoms with Crippen LogP contribution in [0.15, 0.2) is 24.3 Å². The highest BCUT2D eigenvalue weighted by Crippen LogP contribution is 2.54. The van der Waals surface area contributed by atoms with Gasteiger partial charge in [-0.2, -0.15) is 0 Å². The Morgan fingerprint density at radius 3 is 2.31 bits per heavy atom. The Bertz CT molecular complexity index is 980. The molecule has 2 saturated heterocycles. The Morgan fingerprint density at radius 1 is 1.06 bits per heavy atom. The summed E-state index contributed by atoms with van der Waals surface area (Å²) >= 11 is 0. The number of fused-ring (bicyclic) bond motifs is 2. The van der Waals surface area contributed by atoms with Gasteiger partial charge in [0.25, 0.3) is 0 Å². The van der Waals surface area contributed by atoms with Gasteiger partial charge in [0.2, 0.25) is 17.7 Å². The fourth-order valence-corrected chi connectivity index (χ4v) is 7.12. The van der Waals surface area contributed by atoms with Crippen molar-refractivity contribution in [3.63, 3.8) is 0 Å². The molecule has 3 amide bonds. The maximum Gasteiger partial charge on any atom is 0.249 e. The molecule has 1 unspecified atom stereocenters. The summed E-state index contributed by atoms with van der Waals surface area (Å²) in [6, 6.07) is -1.52. The number of carbonyl (C=O) groups is 3. The summed E-state index contributed by atoms with van der Waals surface area (Å²) in [6.07, 6.45) is 7.74. The van der Waals surface area contributed by atoms with Crippen molar-refractivity contribution in [2.75, 3.05) is 26.7 Å². The average molecular weight is 502 g/mol. The molecule has 1 spiro atoms. The first-order valence-electron chi connectivity index (χ1n) is 13.2. The number of ether oxygens (including phenoxy) is 1. The molecule has 4 rings (SSSR count). The Hall–Kier alpha value is -2.19. The fourth-order valence-electron chi connectivity index (χ4n) is 7.12. The number of nitrogens with zero attached hydrogens (tertiary/aromatic N) is 3. The van der Waals surface area contributed by atoms with Crippen LogP contribution in [0.1, 0.15) is 54.9 Å². The van der Waals surface area contributed by atoms with Crippen LogP contribution in [-0.2, 0) is 19.1 Å². The predicted octanol–water partition coefficient (Wildman–Crippen LogP) is 2.23. The zero-order chi connectivity index (χ0) is 26.8. The number of likely N-dealkylation sites (tertiary alicyclic amines) is 1. The second-order valence-electron chi connectivity index (χ2n) is 13.1. The third-order valence-corrected chi connectivity index (χ3v) is 8.31. The lowest BCUT2D eigenvalue weighted by atomic mass is 9.77. The maximum atomic E-state index is 14.5. The van der Waals surface area contributed by atoms with Crippen LogP contribution in [0.4, 0.5) is 0 Å². The van der Waals surface area contributed by atoms with Crippen LogP contribution >= 0.6 is 0 Å². The topological polar surface area (TPSA) is 90.4 Å². The Kier molecular flexibility index (Phi) is 6.70. The van der Waals surface area contributed by atoms with Crippen molar-refractivity contribution in [2.24, 2.45) is 23.2 Å². The van der Waals surface area contributed by atoms with Gasteiger partial charge in [0.15, 0.2) is 0 Å². The van der Waals surface area contributed by atoms with E-state index in [0.717, 1.165) is 6.42 Å². The van der Waals surface area contributed by atoms with E-state index in [9.17, 15) is 19.5 Å². The molecule has 0 radical (unpaired) electrons. The highest BCUT2D eigenvalue weighted by Gasteiger charge is 2.73. The van der Waals surface area contributed by atoms with E-state index >= 15 is 0 Å². The van der Waals surface area contributed by atoms with Gasteiger partial charge in [0.05, 0.1) is 30.6 Å². The fraction of sp³-hybridized carbons (Fsp3) is 0.750. The first-order chi connectivity index (χ1) is 16.7. The Balaban J connectivity index is 1.87. The van der Waals surface area contributed by atoms with E-state index in [0.29, 0.717) is 13.1 Å². The molecule has 0 saturated carbocycles. The van der Waals surface area contributed by atoms with E-state index in [-0.39, 0.29) is 35.7 Å². The van der Waals surface area contributed by atoms with E-state index < -0.39 is 41.2 Å². The van der Waals surface area contributed by atoms with E-state index in [2.05, 4.69) is 34.6 Å². The standard InChI is InChI=1S/C28H43N3O5/c1-17(2)18(15-32)31-22-25(35)30(27(6,7)16-26(3,4)5)14-10-12-28(22)21(24(31)34)20-19(36-28)11-9-13-29(8)23(20)33/h9-12,17-22,32H,13-16H2,1-8H3/t18-,19+,20-,21-,22?,28-/m0/s1. The van der Waals surface area contributed by atoms with Gasteiger partial charge >= 0.3 is 0 Å². The lowest BCUT2D eigenvalue weighted by molar-refractivity contribution is -0.156. The van der Waals surface area contributed by atoms with Crippen molar-refractivity contribution in [1.29, 1.82) is 0 Å². The molecule has 0 bridgehead atoms. The zero-order valence-electron chi connectivity index (χ0n) is 23.0. The van der Waals surface area contributed by atoms with Crippen molar-refractivity contribution >= 4 is 17.7 Å². The van der Waals surface area contributed by atoms with Gasteiger partial charge in [0, 0.05) is 25.7 Å². The molecule has 8 heteroatoms. The molecule has 0 aromatic rings. The van der Waals surface area contributed by atoms with Gasteiger partial charge in [-0.15, -0.1) is 0 Å². The summed E-state index contributed by atoms with van der Waals surface area (Å²) in [4.78, 5) is 47.3. The molecule has 0 aromatic heterocycles. The molecule has 1 N–H and O–H groups in total. The van der Waals surface area contributed by atoms with E-state index in [4.69, 9.17) is 4.74 Å². The van der Waals surface area contributed by atoms with Crippen molar-refractivity contribution in [2.45, 2.75) is 84.2 Å². The molecule has 36 heavy (non-hydrogen) atoms. The summed E-state index contributed by atoms with van der Waals surface area (Å²) in [7, 11) is 1.73. The van der Waals surface area contributed by atoms with E-state index in [1.807, 2.05) is 43.1 Å². The molecule has 4 heterocycles. The minimum absolute atomic E-state index is 0.0182. The van der Waals surface area contributed by atoms with Crippen LogP contribution in [0.3, 0.4) is 0 Å². The number of hydrogen-bond donors (Lipinski definition) is 1. The first-order valence-corrected chi connectivity index (χ1v) is 13.2. The highest BCUT2D eigenvalue weighted by atomic mass is 16.5. The second-order valence-corrected chi connectivity index (χ2v) is 13.1. The van der Waals surface area contributed by atoms with Gasteiger partial charge in [-0.05, 0) is 31.6 Å². The summed E-state index contributed by atoms with van der Waals surface area (Å²) in [5, 5.41) is 10.4. The van der Waals surface area contributed by atoms with Gasteiger partial charge in [-0.25, -0.2) is 0 Å². The molecule has 0 aromatic carbocycles. The number of likely N-dealkylation sites (N-methyl/N-ethyl adjacent to an activating group) is 1. The molecule has 2 fully saturated rings. The Morgan fingerprint density at radius 2 is 1.72 bits per heavy atom. The smallest absolute Gasteiger partial charge is 0.249 e. The van der Waals surface area contributed by atoms with Crippen LogP contribution in [-0.4, -0.2) is 93.6 Å². The summed E-state index contributed by atoms with van der Waals surface area (Å²) in [5.74, 6) is -2.26. The molecule has 8 nitrogen and oxygen atoms in total. The van der Waals surface area contributed by atoms with Crippen LogP contribution in [0.5, 0.6) is 0 Å². The Labute approximate surface area is 215 Å². The highest BCUT2D eigenvalue weighted by molar-refractivity contribution is 6.00. The van der Waals surface area contributed by atoms with Gasteiger partial charge < -0.3 is 24.5 Å². The number of aliphatic hydroxyl groups excluding tert-OH is 1. The minimum Gasteiger partial charge on any atom is -0.394 e. The van der Waals surface area contributed by atoms with E-state index in [1.165, 1.54) is 0 Å². The summed E-state index contributed by atoms with van der Waals surface area (Å²) in [6.45, 7) is 15.0. The third-order valence-electron chi connectivity index (χ3n) is 8.31. The largest absolute Gasteiger partial charge is 0.394 e. The first kappa shape index (κ1) is 26.9. The number of hydrogen-bond acceptors (Lipinski definition) is 5. The van der Waals surface area contributed by atoms with Gasteiger partial charge in [-0.1, -0.05) is 58.9 Å². The second kappa shape index (κ2) is 8.98. The maximum absolute atomic E-state index is 14.5. The normalized spacial score (nSPS) is 33.6. The SMILES string of the molecule is CC(C)[C@H](CO)N1C(=O)[C@@H]2[C@H]3C(=O)N(C)CC=C[C@H]3O[C@@]23C=CCN(C(C)(C)CC(C)(C)C)C(=O)C13. The van der Waals surface area contributed by atoms with Crippen molar-refractivity contribution in [3.05, 3.63) is 24.3 Å². The van der Waals surface area contributed by atoms with Crippen LogP contribution in [0, 0.1) is 23.2 Å². The monoisotopic (exact) mass is 501 g/mol. The molecular weight excluding hydrogens is 458 g/mol. The summed E-state index contributed by atoms with van der Waals surface area (Å²) in [5.41, 5.74) is -1.77. The number of amides is 3. The van der Waals surface area contributed by atoms with Crippen molar-refractivity contribution in [3.8, 4) is 0 Å². The van der Waals surface area contributed by atoms with Crippen LogP contribution < -0.4 is 0 Å². The third kappa shape index (κ3) is 4.10. The number of carbonyl (C=O) groups excluding carboxylic acids is 3. The van der Waals surface area contributed by atoms with Gasteiger partial charge in [0.1, 0.15) is 11.6 Å². The zero-order valence-corrected chi connectivity index (χ0v) is 23.0. The lowest BCUT2D eigenvalue weighted by Gasteiger charge is -2.45. The quantitative estimate of drug-likeness (QED) is 0.584. The van der Waals surface area contributed by atoms with Crippen LogP contribution in [0.2, 0.25) is 0 Å². The van der Waals surface area contributed by atoms with Crippen molar-refractivity contribution in [1.82, 2.24) is 14.7 Å². The molecule has 6 atom stereocenters. The number of rotatable bonds is 5. The van der Waals surface area contributed by atoms with Gasteiger partial charge in [-0.3, -0.25) is 14.4 Å².